The van der Waals surface area contributed by atoms with Crippen LogP contribution in [0.4, 0.5) is 0 Å². The molecule has 0 radical (unpaired) electrons. The van der Waals surface area contributed by atoms with Crippen molar-refractivity contribution in [3.63, 3.8) is 0 Å². The van der Waals surface area contributed by atoms with Crippen LogP contribution in [0.25, 0.3) is 0 Å². The van der Waals surface area contributed by atoms with Gasteiger partial charge in [-0.05, 0) is 55.2 Å². The van der Waals surface area contributed by atoms with Crippen LogP contribution in [0.3, 0.4) is 0 Å². The highest BCUT2D eigenvalue weighted by molar-refractivity contribution is 9.10. The van der Waals surface area contributed by atoms with Crippen LogP contribution >= 0.6 is 15.9 Å². The van der Waals surface area contributed by atoms with Crippen molar-refractivity contribution in [2.75, 3.05) is 6.61 Å². The standard InChI is InChI=1S/C19H21BrO3/c1-4-13(3)14-6-9-16(10-7-14)23-19(21)17-12-15(20)8-11-18(17)22-5-2/h6-13H,4-5H2,1-3H3. The minimum atomic E-state index is -0.425. The van der Waals surface area contributed by atoms with E-state index < -0.39 is 5.97 Å². The smallest absolute Gasteiger partial charge is 0.347 e. The molecule has 4 heteroatoms. The van der Waals surface area contributed by atoms with E-state index in [1.807, 2.05) is 37.3 Å². The Morgan fingerprint density at radius 1 is 1.13 bits per heavy atom. The molecule has 0 bridgehead atoms. The lowest BCUT2D eigenvalue weighted by Gasteiger charge is -2.12. The molecule has 0 heterocycles. The summed E-state index contributed by atoms with van der Waals surface area (Å²) in [7, 11) is 0. The Labute approximate surface area is 145 Å². The minimum Gasteiger partial charge on any atom is -0.493 e. The molecule has 0 saturated heterocycles. The van der Waals surface area contributed by atoms with Crippen molar-refractivity contribution in [2.24, 2.45) is 0 Å². The fourth-order valence-electron chi connectivity index (χ4n) is 2.21. The quantitative estimate of drug-likeness (QED) is 0.487. The average molecular weight is 377 g/mol. The Kier molecular flexibility index (Phi) is 6.22. The lowest BCUT2D eigenvalue weighted by molar-refractivity contribution is 0.0730. The zero-order chi connectivity index (χ0) is 16.8. The van der Waals surface area contributed by atoms with Crippen molar-refractivity contribution < 1.29 is 14.3 Å². The molecule has 2 rings (SSSR count). The second-order valence-corrected chi connectivity index (χ2v) is 6.26. The molecular weight excluding hydrogens is 356 g/mol. The first-order chi connectivity index (χ1) is 11.0. The molecule has 0 aliphatic heterocycles. The predicted octanol–water partition coefficient (Wildman–Crippen LogP) is 5.58. The van der Waals surface area contributed by atoms with Gasteiger partial charge in [0.2, 0.25) is 0 Å². The van der Waals surface area contributed by atoms with Crippen LogP contribution in [-0.4, -0.2) is 12.6 Å². The van der Waals surface area contributed by atoms with Gasteiger partial charge in [0.15, 0.2) is 0 Å². The van der Waals surface area contributed by atoms with Crippen molar-refractivity contribution in [1.29, 1.82) is 0 Å². The molecular formula is C19H21BrO3. The van der Waals surface area contributed by atoms with E-state index in [0.29, 0.717) is 29.6 Å². The van der Waals surface area contributed by atoms with Gasteiger partial charge in [-0.2, -0.15) is 0 Å². The SMILES string of the molecule is CCOc1ccc(Br)cc1C(=O)Oc1ccc(C(C)CC)cc1. The van der Waals surface area contributed by atoms with Crippen LogP contribution in [-0.2, 0) is 0 Å². The van der Waals surface area contributed by atoms with E-state index in [1.165, 1.54) is 5.56 Å². The van der Waals surface area contributed by atoms with Crippen LogP contribution in [0.15, 0.2) is 46.9 Å². The fourth-order valence-corrected chi connectivity index (χ4v) is 2.57. The number of esters is 1. The third-order valence-electron chi connectivity index (χ3n) is 3.73. The number of carbonyl (C=O) groups excluding carboxylic acids is 1. The Morgan fingerprint density at radius 3 is 2.43 bits per heavy atom. The summed E-state index contributed by atoms with van der Waals surface area (Å²) in [6, 6.07) is 13.0. The average Bonchev–Trinajstić information content (AvgIpc) is 2.56. The third kappa shape index (κ3) is 4.58. The summed E-state index contributed by atoms with van der Waals surface area (Å²) in [6.45, 7) is 6.70. The summed E-state index contributed by atoms with van der Waals surface area (Å²) < 4.78 is 11.8. The summed E-state index contributed by atoms with van der Waals surface area (Å²) in [5.41, 5.74) is 1.65. The van der Waals surface area contributed by atoms with E-state index in [9.17, 15) is 4.79 Å². The van der Waals surface area contributed by atoms with Gasteiger partial charge < -0.3 is 9.47 Å². The molecule has 0 spiro atoms. The highest BCUT2D eigenvalue weighted by Gasteiger charge is 2.16. The summed E-state index contributed by atoms with van der Waals surface area (Å²) in [6.07, 6.45) is 1.08. The topological polar surface area (TPSA) is 35.5 Å². The van der Waals surface area contributed by atoms with Crippen LogP contribution < -0.4 is 9.47 Å². The largest absolute Gasteiger partial charge is 0.493 e. The molecule has 0 fully saturated rings. The van der Waals surface area contributed by atoms with E-state index in [1.54, 1.807) is 12.1 Å². The zero-order valence-corrected chi connectivity index (χ0v) is 15.2. The fraction of sp³-hybridized carbons (Fsp3) is 0.316. The molecule has 2 aromatic rings. The zero-order valence-electron chi connectivity index (χ0n) is 13.6. The molecule has 0 amide bonds. The first-order valence-electron chi connectivity index (χ1n) is 7.79. The van der Waals surface area contributed by atoms with E-state index in [0.717, 1.165) is 10.9 Å². The van der Waals surface area contributed by atoms with Crippen molar-refractivity contribution >= 4 is 21.9 Å². The van der Waals surface area contributed by atoms with Crippen molar-refractivity contribution in [2.45, 2.75) is 33.1 Å². The molecule has 0 N–H and O–H groups in total. The molecule has 122 valence electrons. The van der Waals surface area contributed by atoms with Crippen LogP contribution in [0.2, 0.25) is 0 Å². The number of rotatable bonds is 6. The molecule has 0 aliphatic rings. The number of carbonyl (C=O) groups is 1. The predicted molar refractivity (Wildman–Crippen MR) is 95.4 cm³/mol. The summed E-state index contributed by atoms with van der Waals surface area (Å²) in [5, 5.41) is 0. The van der Waals surface area contributed by atoms with Crippen molar-refractivity contribution in [1.82, 2.24) is 0 Å². The number of ether oxygens (including phenoxy) is 2. The highest BCUT2D eigenvalue weighted by atomic mass is 79.9. The number of hydrogen-bond acceptors (Lipinski definition) is 3. The van der Waals surface area contributed by atoms with Gasteiger partial charge in [-0.1, -0.05) is 41.9 Å². The van der Waals surface area contributed by atoms with Gasteiger partial charge in [0, 0.05) is 4.47 Å². The van der Waals surface area contributed by atoms with Crippen LogP contribution in [0.1, 0.15) is 49.0 Å². The molecule has 1 unspecified atom stereocenters. The first kappa shape index (κ1) is 17.5. The van der Waals surface area contributed by atoms with Crippen molar-refractivity contribution in [3.05, 3.63) is 58.1 Å². The van der Waals surface area contributed by atoms with Gasteiger partial charge in [-0.3, -0.25) is 0 Å². The molecule has 3 nitrogen and oxygen atoms in total. The molecule has 0 aromatic heterocycles. The van der Waals surface area contributed by atoms with E-state index in [4.69, 9.17) is 9.47 Å². The Balaban J connectivity index is 2.17. The Bertz CT molecular complexity index is 665. The van der Waals surface area contributed by atoms with Gasteiger partial charge in [-0.25, -0.2) is 4.79 Å². The highest BCUT2D eigenvalue weighted by Crippen LogP contribution is 2.26. The number of benzene rings is 2. The first-order valence-corrected chi connectivity index (χ1v) is 8.59. The van der Waals surface area contributed by atoms with Gasteiger partial charge >= 0.3 is 5.97 Å². The maximum atomic E-state index is 12.4. The molecule has 2 aromatic carbocycles. The van der Waals surface area contributed by atoms with E-state index >= 15 is 0 Å². The molecule has 23 heavy (non-hydrogen) atoms. The van der Waals surface area contributed by atoms with E-state index in [-0.39, 0.29) is 0 Å². The second kappa shape index (κ2) is 8.16. The van der Waals surface area contributed by atoms with Gasteiger partial charge in [-0.15, -0.1) is 0 Å². The Hall–Kier alpha value is -1.81. The second-order valence-electron chi connectivity index (χ2n) is 5.34. The lowest BCUT2D eigenvalue weighted by Crippen LogP contribution is -2.11. The normalized spacial score (nSPS) is 11.8. The molecule has 0 aliphatic carbocycles. The summed E-state index contributed by atoms with van der Waals surface area (Å²) in [4.78, 5) is 12.4. The van der Waals surface area contributed by atoms with Gasteiger partial charge in [0.05, 0.1) is 6.61 Å². The number of hydrogen-bond donors (Lipinski definition) is 0. The lowest BCUT2D eigenvalue weighted by atomic mass is 9.99. The maximum absolute atomic E-state index is 12.4. The molecule has 0 saturated carbocycles. The summed E-state index contributed by atoms with van der Waals surface area (Å²) in [5.74, 6) is 1.13. The maximum Gasteiger partial charge on any atom is 0.347 e. The monoisotopic (exact) mass is 376 g/mol. The minimum absolute atomic E-state index is 0.409. The van der Waals surface area contributed by atoms with Crippen LogP contribution in [0.5, 0.6) is 11.5 Å². The summed E-state index contributed by atoms with van der Waals surface area (Å²) >= 11 is 3.37. The third-order valence-corrected chi connectivity index (χ3v) is 4.23. The van der Waals surface area contributed by atoms with Crippen LogP contribution in [0, 0.1) is 0 Å². The van der Waals surface area contributed by atoms with Gasteiger partial charge in [0.1, 0.15) is 17.1 Å². The Morgan fingerprint density at radius 2 is 1.83 bits per heavy atom. The van der Waals surface area contributed by atoms with Crippen molar-refractivity contribution in [3.8, 4) is 11.5 Å². The van der Waals surface area contributed by atoms with Gasteiger partial charge in [0.25, 0.3) is 0 Å². The number of halogens is 1. The van der Waals surface area contributed by atoms with E-state index in [2.05, 4.69) is 29.8 Å². The molecule has 1 atom stereocenters.